The summed E-state index contributed by atoms with van der Waals surface area (Å²) in [6.07, 6.45) is 1.53. The molecule has 0 fully saturated rings. The number of halogens is 1. The Labute approximate surface area is 150 Å². The Morgan fingerprint density at radius 3 is 2.46 bits per heavy atom. The van der Waals surface area contributed by atoms with Crippen molar-refractivity contribution >= 4 is 21.9 Å². The van der Waals surface area contributed by atoms with Gasteiger partial charge >= 0.3 is 5.97 Å². The Hall–Kier alpha value is -2.08. The zero-order valence-corrected chi connectivity index (χ0v) is 15.7. The minimum atomic E-state index is -0.638. The fourth-order valence-electron chi connectivity index (χ4n) is 1.99. The molecule has 6 heteroatoms. The Bertz CT molecular complexity index is 711. The number of carbonyl (C=O) groups is 1. The molecule has 5 nitrogen and oxygen atoms in total. The molecule has 24 heavy (non-hydrogen) atoms. The van der Waals surface area contributed by atoms with Gasteiger partial charge in [0.25, 0.3) is 0 Å². The minimum absolute atomic E-state index is 0.163. The number of carbonyl (C=O) groups excluding carboxylic acids is 1. The van der Waals surface area contributed by atoms with Gasteiger partial charge in [-0.3, -0.25) is 0 Å². The number of esters is 1. The normalized spacial score (nSPS) is 11.0. The second-order valence-corrected chi connectivity index (χ2v) is 6.95. The van der Waals surface area contributed by atoms with Crippen LogP contribution in [0.2, 0.25) is 0 Å². The van der Waals surface area contributed by atoms with Crippen molar-refractivity contribution in [3.05, 3.63) is 52.1 Å². The molecule has 1 heterocycles. The second-order valence-electron chi connectivity index (χ2n) is 6.10. The summed E-state index contributed by atoms with van der Waals surface area (Å²) in [5, 5.41) is 0. The van der Waals surface area contributed by atoms with E-state index in [0.29, 0.717) is 16.8 Å². The molecule has 0 amide bonds. The molecule has 0 saturated heterocycles. The van der Waals surface area contributed by atoms with Crippen LogP contribution >= 0.6 is 15.9 Å². The number of aromatic nitrogens is 1. The Morgan fingerprint density at radius 1 is 1.21 bits per heavy atom. The van der Waals surface area contributed by atoms with Crippen LogP contribution in [0.3, 0.4) is 0 Å². The fraction of sp³-hybridized carbons (Fsp3) is 0.333. The highest BCUT2D eigenvalue weighted by Crippen LogP contribution is 2.35. The molecule has 0 unspecified atom stereocenters. The van der Waals surface area contributed by atoms with Gasteiger partial charge in [0, 0.05) is 6.20 Å². The monoisotopic (exact) mass is 393 g/mol. The van der Waals surface area contributed by atoms with Crippen molar-refractivity contribution in [2.24, 2.45) is 0 Å². The lowest BCUT2D eigenvalue weighted by Crippen LogP contribution is -2.25. The Kier molecular flexibility index (Phi) is 5.83. The first-order valence-electron chi connectivity index (χ1n) is 7.44. The van der Waals surface area contributed by atoms with E-state index in [9.17, 15) is 4.79 Å². The number of hydrogen-bond donors (Lipinski definition) is 0. The number of hydrogen-bond acceptors (Lipinski definition) is 5. The van der Waals surface area contributed by atoms with E-state index in [0.717, 1.165) is 5.56 Å². The number of pyridine rings is 1. The van der Waals surface area contributed by atoms with Gasteiger partial charge < -0.3 is 14.2 Å². The van der Waals surface area contributed by atoms with Gasteiger partial charge in [-0.1, -0.05) is 30.3 Å². The first-order valence-corrected chi connectivity index (χ1v) is 8.23. The van der Waals surface area contributed by atoms with Crippen LogP contribution in [0.25, 0.3) is 0 Å². The highest BCUT2D eigenvalue weighted by molar-refractivity contribution is 9.10. The summed E-state index contributed by atoms with van der Waals surface area (Å²) in [5.74, 6) is -0.0355. The van der Waals surface area contributed by atoms with Crippen LogP contribution in [0.1, 0.15) is 36.7 Å². The number of methoxy groups -OCH3 is 1. The minimum Gasteiger partial charge on any atom is -0.487 e. The van der Waals surface area contributed by atoms with Crippen LogP contribution in [0.5, 0.6) is 11.6 Å². The molecule has 0 aliphatic carbocycles. The fourth-order valence-corrected chi connectivity index (χ4v) is 2.40. The number of ether oxygens (including phenoxy) is 3. The van der Waals surface area contributed by atoms with Crippen molar-refractivity contribution < 1.29 is 19.0 Å². The lowest BCUT2D eigenvalue weighted by atomic mass is 10.1. The second kappa shape index (κ2) is 7.66. The van der Waals surface area contributed by atoms with Crippen molar-refractivity contribution in [2.45, 2.75) is 33.0 Å². The third-order valence-corrected chi connectivity index (χ3v) is 3.54. The third kappa shape index (κ3) is 4.71. The van der Waals surface area contributed by atoms with Gasteiger partial charge in [0.2, 0.25) is 5.88 Å². The summed E-state index contributed by atoms with van der Waals surface area (Å²) in [6, 6.07) is 9.67. The first-order chi connectivity index (χ1) is 11.3. The van der Waals surface area contributed by atoms with Gasteiger partial charge in [-0.25, -0.2) is 9.78 Å². The van der Waals surface area contributed by atoms with Crippen molar-refractivity contribution in [1.29, 1.82) is 0 Å². The van der Waals surface area contributed by atoms with Crippen LogP contribution in [0.4, 0.5) is 0 Å². The number of rotatable bonds is 5. The lowest BCUT2D eigenvalue weighted by Gasteiger charge is -2.21. The Morgan fingerprint density at radius 2 is 1.88 bits per heavy atom. The van der Waals surface area contributed by atoms with E-state index >= 15 is 0 Å². The average Bonchev–Trinajstić information content (AvgIpc) is 2.52. The summed E-state index contributed by atoms with van der Waals surface area (Å²) in [6.45, 7) is 5.70. The van der Waals surface area contributed by atoms with Gasteiger partial charge in [-0.15, -0.1) is 0 Å². The highest BCUT2D eigenvalue weighted by Gasteiger charge is 2.27. The van der Waals surface area contributed by atoms with Crippen LogP contribution in [0, 0.1) is 0 Å². The predicted octanol–water partition coefficient (Wildman–Crippen LogP) is 4.39. The maximum Gasteiger partial charge on any atom is 0.348 e. The molecule has 0 atom stereocenters. The molecule has 1 aromatic heterocycles. The molecule has 0 bridgehead atoms. The van der Waals surface area contributed by atoms with E-state index in [1.165, 1.54) is 13.3 Å². The van der Waals surface area contributed by atoms with Gasteiger partial charge in [0.15, 0.2) is 11.3 Å². The zero-order valence-electron chi connectivity index (χ0n) is 14.1. The maximum atomic E-state index is 12.6. The van der Waals surface area contributed by atoms with Crippen LogP contribution < -0.4 is 9.47 Å². The molecule has 128 valence electrons. The molecule has 1 aromatic carbocycles. The maximum absolute atomic E-state index is 12.6. The Balaban J connectivity index is 2.36. The van der Waals surface area contributed by atoms with Crippen molar-refractivity contribution in [1.82, 2.24) is 4.98 Å². The first kappa shape index (κ1) is 18.3. The van der Waals surface area contributed by atoms with E-state index in [2.05, 4.69) is 20.9 Å². The molecular formula is C18H20BrNO4. The molecular weight excluding hydrogens is 374 g/mol. The van der Waals surface area contributed by atoms with Crippen molar-refractivity contribution in [3.63, 3.8) is 0 Å². The molecule has 0 spiro atoms. The molecule has 0 aliphatic rings. The number of benzene rings is 1. The highest BCUT2D eigenvalue weighted by atomic mass is 79.9. The summed E-state index contributed by atoms with van der Waals surface area (Å²) in [4.78, 5) is 16.7. The molecule has 0 saturated carbocycles. The molecule has 0 radical (unpaired) electrons. The van der Waals surface area contributed by atoms with Gasteiger partial charge in [0.05, 0.1) is 11.6 Å². The van der Waals surface area contributed by atoms with Crippen molar-refractivity contribution in [3.8, 4) is 11.6 Å². The summed E-state index contributed by atoms with van der Waals surface area (Å²) in [7, 11) is 1.45. The third-order valence-electron chi connectivity index (χ3n) is 2.98. The van der Waals surface area contributed by atoms with Gasteiger partial charge in [-0.05, 0) is 42.3 Å². The van der Waals surface area contributed by atoms with Crippen LogP contribution in [0.15, 0.2) is 41.0 Å². The summed E-state index contributed by atoms with van der Waals surface area (Å²) in [5.41, 5.74) is 0.509. The quantitative estimate of drug-likeness (QED) is 0.705. The summed E-state index contributed by atoms with van der Waals surface area (Å²) >= 11 is 3.38. The largest absolute Gasteiger partial charge is 0.487 e. The smallest absolute Gasteiger partial charge is 0.348 e. The zero-order chi connectivity index (χ0) is 17.7. The van der Waals surface area contributed by atoms with Gasteiger partial charge in [0.1, 0.15) is 12.2 Å². The van der Waals surface area contributed by atoms with E-state index in [-0.39, 0.29) is 11.4 Å². The SMILES string of the molecule is COc1ncc(Br)c(OCc2ccccc2)c1C(=O)OC(C)(C)C. The van der Waals surface area contributed by atoms with Crippen molar-refractivity contribution in [2.75, 3.05) is 7.11 Å². The van der Waals surface area contributed by atoms with Crippen LogP contribution in [-0.4, -0.2) is 23.7 Å². The van der Waals surface area contributed by atoms with E-state index in [4.69, 9.17) is 14.2 Å². The standard InChI is InChI=1S/C18H20BrNO4/c1-18(2,3)24-17(21)14-15(13(19)10-20-16(14)22-4)23-11-12-8-6-5-7-9-12/h5-10H,11H2,1-4H3. The lowest BCUT2D eigenvalue weighted by molar-refractivity contribution is 0.00612. The van der Waals surface area contributed by atoms with E-state index in [1.807, 2.05) is 30.3 Å². The van der Waals surface area contributed by atoms with E-state index < -0.39 is 11.6 Å². The molecule has 2 rings (SSSR count). The summed E-state index contributed by atoms with van der Waals surface area (Å²) < 4.78 is 17.1. The van der Waals surface area contributed by atoms with Crippen LogP contribution in [-0.2, 0) is 11.3 Å². The molecule has 0 N–H and O–H groups in total. The van der Waals surface area contributed by atoms with E-state index in [1.54, 1.807) is 20.8 Å². The molecule has 0 aliphatic heterocycles. The predicted molar refractivity (Wildman–Crippen MR) is 94.4 cm³/mol. The average molecular weight is 394 g/mol. The van der Waals surface area contributed by atoms with Gasteiger partial charge in [-0.2, -0.15) is 0 Å². The topological polar surface area (TPSA) is 57.7 Å². The number of nitrogens with zero attached hydrogens (tertiary/aromatic N) is 1. The molecule has 2 aromatic rings.